The topological polar surface area (TPSA) is 107 Å². The van der Waals surface area contributed by atoms with Gasteiger partial charge in [0.05, 0.1) is 5.56 Å². The molecule has 0 aliphatic carbocycles. The van der Waals surface area contributed by atoms with E-state index in [1.54, 1.807) is 12.1 Å². The molecule has 6 N–H and O–H groups in total. The molecule has 0 radical (unpaired) electrons. The average molecular weight is 884 g/mol. The first-order chi connectivity index (χ1) is 32.7. The maximum Gasteiger partial charge on any atom is 0.201 e. The molecule has 0 heterocycles. The number of rotatable bonds is 9. The molecule has 5 nitrogen and oxygen atoms in total. The standard InChI is InChI=1S/C57H44O4.2C2H6.CH5N/c1-4-37(5-2)43-24-25-46(34-47-11-8-10-41-9-6-7-12-50(41)47)45(32-43)15-13-36-14-29-51-48(31-36)26-27-49-33-44(28-30-52(49)51)40-18-16-38(17-19-40)39-20-22-42(23-21-39)53-54(58)35(3)55(59)57(61)56(53)60;3*1-2/h4-33,58-61H,1,34H2,2-3H3;2*1-2H3;2H2,1H3/b15-13-,37-5+;;;. The number of allylic oxidation sites excluding steroid dienone is 3. The van der Waals surface area contributed by atoms with Crippen molar-refractivity contribution < 1.29 is 20.4 Å². The molecule has 0 bridgehead atoms. The van der Waals surface area contributed by atoms with Gasteiger partial charge in [0.15, 0.2) is 11.5 Å². The SMILES string of the molecule is C=C/C(=C\C)c1ccc(Cc2cccc3ccccc23)c(/C=C\c2ccc3c(ccc4cc(-c5ccc(-c6ccc(-c7c(O)c(C)c(O)c(O)c7O)cc6)cc5)ccc43)c2)c1.CC.CC.CN. The molecule has 0 fully saturated rings. The maximum atomic E-state index is 10.6. The Kier molecular flexibility index (Phi) is 16.2. The number of phenols is 4. The van der Waals surface area contributed by atoms with Gasteiger partial charge in [0.25, 0.3) is 0 Å². The van der Waals surface area contributed by atoms with Crippen molar-refractivity contribution >= 4 is 50.0 Å². The molecule has 0 atom stereocenters. The van der Waals surface area contributed by atoms with Gasteiger partial charge in [0.1, 0.15) is 5.75 Å². The van der Waals surface area contributed by atoms with Crippen LogP contribution in [0.5, 0.6) is 23.0 Å². The van der Waals surface area contributed by atoms with E-state index in [-0.39, 0.29) is 16.9 Å². The second kappa shape index (κ2) is 22.4. The molecule has 9 rings (SSSR count). The van der Waals surface area contributed by atoms with Crippen LogP contribution in [0.3, 0.4) is 0 Å². The van der Waals surface area contributed by atoms with E-state index in [2.05, 4.69) is 171 Å². The molecule has 0 saturated heterocycles. The highest BCUT2D eigenvalue weighted by molar-refractivity contribution is 6.09. The van der Waals surface area contributed by atoms with Gasteiger partial charge < -0.3 is 26.2 Å². The highest BCUT2D eigenvalue weighted by atomic mass is 16.3. The average Bonchev–Trinajstić information content (AvgIpc) is 3.39. The summed E-state index contributed by atoms with van der Waals surface area (Å²) in [5.74, 6) is -2.04. The zero-order valence-corrected chi connectivity index (χ0v) is 39.6. The van der Waals surface area contributed by atoms with Crippen molar-refractivity contribution in [1.82, 2.24) is 0 Å². The van der Waals surface area contributed by atoms with Gasteiger partial charge in [0.2, 0.25) is 5.75 Å². The van der Waals surface area contributed by atoms with Crippen LogP contribution >= 0.6 is 0 Å². The van der Waals surface area contributed by atoms with Crippen LogP contribution in [0.15, 0.2) is 176 Å². The number of nitrogens with two attached hydrogens (primary N) is 1. The molecule has 0 spiro atoms. The molecule has 338 valence electrons. The number of fused-ring (bicyclic) bond motifs is 4. The van der Waals surface area contributed by atoms with Crippen LogP contribution in [0.1, 0.15) is 68.0 Å². The van der Waals surface area contributed by atoms with E-state index >= 15 is 0 Å². The molecule has 0 aromatic heterocycles. The van der Waals surface area contributed by atoms with Gasteiger partial charge in [-0.3, -0.25) is 0 Å². The van der Waals surface area contributed by atoms with Gasteiger partial charge in [-0.15, -0.1) is 0 Å². The molecule has 0 saturated carbocycles. The largest absolute Gasteiger partial charge is 0.507 e. The first-order valence-electron chi connectivity index (χ1n) is 23.0. The molecule has 9 aromatic carbocycles. The van der Waals surface area contributed by atoms with Crippen LogP contribution in [0, 0.1) is 6.92 Å². The third kappa shape index (κ3) is 10.2. The number of aromatic hydroxyl groups is 4. The Bertz CT molecular complexity index is 3200. The minimum absolute atomic E-state index is 0.0723. The van der Waals surface area contributed by atoms with Gasteiger partial charge >= 0.3 is 0 Å². The van der Waals surface area contributed by atoms with Gasteiger partial charge in [-0.2, -0.15) is 0 Å². The fourth-order valence-electron chi connectivity index (χ4n) is 8.48. The Morgan fingerprint density at radius 2 is 1.06 bits per heavy atom. The molecule has 9 aromatic rings. The fraction of sp³-hybridized carbons (Fsp3) is 0.129. The van der Waals surface area contributed by atoms with E-state index in [1.165, 1.54) is 63.0 Å². The molecule has 0 aliphatic rings. The van der Waals surface area contributed by atoms with E-state index in [4.69, 9.17) is 0 Å². The summed E-state index contributed by atoms with van der Waals surface area (Å²) in [5, 5.41) is 48.5. The second-order valence-corrected chi connectivity index (χ2v) is 15.5. The highest BCUT2D eigenvalue weighted by Gasteiger charge is 2.22. The van der Waals surface area contributed by atoms with Crippen molar-refractivity contribution in [2.45, 2.75) is 48.0 Å². The van der Waals surface area contributed by atoms with Gasteiger partial charge in [0, 0.05) is 5.56 Å². The van der Waals surface area contributed by atoms with Gasteiger partial charge in [-0.05, 0) is 139 Å². The van der Waals surface area contributed by atoms with Crippen molar-refractivity contribution in [1.29, 1.82) is 0 Å². The van der Waals surface area contributed by atoms with E-state index < -0.39 is 17.2 Å². The molecule has 0 unspecified atom stereocenters. The van der Waals surface area contributed by atoms with Gasteiger partial charge in [-0.1, -0.05) is 198 Å². The summed E-state index contributed by atoms with van der Waals surface area (Å²) < 4.78 is 0. The van der Waals surface area contributed by atoms with Crippen LogP contribution in [0.4, 0.5) is 0 Å². The molecule has 0 aliphatic heterocycles. The highest BCUT2D eigenvalue weighted by Crippen LogP contribution is 2.51. The predicted octanol–water partition coefficient (Wildman–Crippen LogP) is 16.3. The Morgan fingerprint density at radius 1 is 0.493 bits per heavy atom. The minimum atomic E-state index is -0.655. The molecule has 67 heavy (non-hydrogen) atoms. The monoisotopic (exact) mass is 883 g/mol. The summed E-state index contributed by atoms with van der Waals surface area (Å²) in [6.45, 7) is 15.6. The second-order valence-electron chi connectivity index (χ2n) is 15.5. The summed E-state index contributed by atoms with van der Waals surface area (Å²) in [4.78, 5) is 0. The van der Waals surface area contributed by atoms with Gasteiger partial charge in [-0.25, -0.2) is 0 Å². The summed E-state index contributed by atoms with van der Waals surface area (Å²) in [5.41, 5.74) is 16.6. The van der Waals surface area contributed by atoms with Crippen LogP contribution in [-0.4, -0.2) is 27.5 Å². The lowest BCUT2D eigenvalue weighted by Crippen LogP contribution is -1.95. The number of benzene rings is 9. The number of hydrogen-bond donors (Lipinski definition) is 5. The Balaban J connectivity index is 0.00000119. The number of phenolic OH excluding ortho intramolecular Hbond substituents is 4. The van der Waals surface area contributed by atoms with Crippen LogP contribution in [0.2, 0.25) is 0 Å². The van der Waals surface area contributed by atoms with E-state index in [9.17, 15) is 20.4 Å². The quantitative estimate of drug-likeness (QED) is 0.0326. The molecular weight excluding hydrogens is 823 g/mol. The van der Waals surface area contributed by atoms with E-state index in [0.717, 1.165) is 45.4 Å². The maximum absolute atomic E-state index is 10.6. The Labute approximate surface area is 395 Å². The number of hydrogen-bond acceptors (Lipinski definition) is 5. The summed E-state index contributed by atoms with van der Waals surface area (Å²) in [7, 11) is 1.50. The zero-order valence-electron chi connectivity index (χ0n) is 39.6. The fourth-order valence-corrected chi connectivity index (χ4v) is 8.48. The molecule has 0 amide bonds. The normalized spacial score (nSPS) is 11.1. The summed E-state index contributed by atoms with van der Waals surface area (Å²) in [6, 6.07) is 55.4. The van der Waals surface area contributed by atoms with Crippen LogP contribution in [-0.2, 0) is 6.42 Å². The third-order valence-electron chi connectivity index (χ3n) is 11.9. The van der Waals surface area contributed by atoms with Crippen molar-refractivity contribution in [3.8, 4) is 56.4 Å². The van der Waals surface area contributed by atoms with Crippen LogP contribution < -0.4 is 5.73 Å². The van der Waals surface area contributed by atoms with Crippen molar-refractivity contribution in [2.75, 3.05) is 7.05 Å². The summed E-state index contributed by atoms with van der Waals surface area (Å²) in [6.07, 6.45) is 9.32. The van der Waals surface area contributed by atoms with Crippen molar-refractivity contribution in [3.63, 3.8) is 0 Å². The third-order valence-corrected chi connectivity index (χ3v) is 11.9. The van der Waals surface area contributed by atoms with Crippen LogP contribution in [0.25, 0.3) is 83.4 Å². The zero-order chi connectivity index (χ0) is 48.2. The Hall–Kier alpha value is -7.86. The Morgan fingerprint density at radius 3 is 1.70 bits per heavy atom. The summed E-state index contributed by atoms with van der Waals surface area (Å²) >= 11 is 0. The molecule has 5 heteroatoms. The van der Waals surface area contributed by atoms with Crippen molar-refractivity contribution in [3.05, 3.63) is 210 Å². The minimum Gasteiger partial charge on any atom is -0.507 e. The lowest BCUT2D eigenvalue weighted by atomic mass is 9.92. The smallest absolute Gasteiger partial charge is 0.201 e. The van der Waals surface area contributed by atoms with E-state index in [1.807, 2.05) is 45.9 Å². The molecular formula is C62H61NO4. The predicted molar refractivity (Wildman–Crippen MR) is 288 cm³/mol. The first kappa shape index (κ1) is 48.6. The lowest BCUT2D eigenvalue weighted by molar-refractivity contribution is 0.360. The first-order valence-corrected chi connectivity index (χ1v) is 23.0. The van der Waals surface area contributed by atoms with Crippen molar-refractivity contribution in [2.24, 2.45) is 5.73 Å². The lowest BCUT2D eigenvalue weighted by Gasteiger charge is -2.14. The van der Waals surface area contributed by atoms with E-state index in [0.29, 0.717) is 5.56 Å².